The predicted octanol–water partition coefficient (Wildman–Crippen LogP) is 1.41. The minimum absolute atomic E-state index is 0.0528. The van der Waals surface area contributed by atoms with Crippen molar-refractivity contribution in [1.82, 2.24) is 10.2 Å². The van der Waals surface area contributed by atoms with Crippen LogP contribution in [0.5, 0.6) is 0 Å². The van der Waals surface area contributed by atoms with Gasteiger partial charge in [-0.05, 0) is 32.9 Å². The molecule has 1 fully saturated rings. The maximum absolute atomic E-state index is 12.3. The third kappa shape index (κ3) is 2.07. The number of nitrogens with zero attached hydrogens (tertiary/aromatic N) is 1. The smallest absolute Gasteiger partial charge is 0.264 e. The van der Waals surface area contributed by atoms with E-state index in [1.807, 2.05) is 19.1 Å². The molecule has 1 aromatic heterocycles. The van der Waals surface area contributed by atoms with Crippen molar-refractivity contribution in [3.8, 4) is 0 Å². The number of rotatable bonds is 1. The quantitative estimate of drug-likeness (QED) is 0.821. The first-order chi connectivity index (χ1) is 7.93. The summed E-state index contributed by atoms with van der Waals surface area (Å²) in [4.78, 5) is 27.5. The highest BCUT2D eigenvalue weighted by atomic mass is 32.1. The van der Waals surface area contributed by atoms with E-state index in [4.69, 9.17) is 0 Å². The van der Waals surface area contributed by atoms with E-state index in [0.717, 1.165) is 4.88 Å². The number of carbonyl (C=O) groups excluding carboxylic acids is 2. The van der Waals surface area contributed by atoms with E-state index < -0.39 is 5.54 Å². The van der Waals surface area contributed by atoms with Crippen molar-refractivity contribution < 1.29 is 9.59 Å². The fraction of sp³-hybridized carbons (Fsp3) is 0.500. The van der Waals surface area contributed by atoms with Gasteiger partial charge in [-0.3, -0.25) is 9.59 Å². The van der Waals surface area contributed by atoms with Crippen molar-refractivity contribution in [2.75, 3.05) is 13.1 Å². The van der Waals surface area contributed by atoms with Gasteiger partial charge in [0.05, 0.1) is 4.88 Å². The first-order valence-electron chi connectivity index (χ1n) is 5.59. The summed E-state index contributed by atoms with van der Waals surface area (Å²) < 4.78 is 0. The fourth-order valence-electron chi connectivity index (χ4n) is 1.94. The minimum atomic E-state index is -0.771. The predicted molar refractivity (Wildman–Crippen MR) is 67.2 cm³/mol. The highest BCUT2D eigenvalue weighted by Gasteiger charge is 2.40. The molecule has 0 saturated carbocycles. The third-order valence-corrected chi connectivity index (χ3v) is 4.04. The van der Waals surface area contributed by atoms with E-state index in [1.165, 1.54) is 11.3 Å². The summed E-state index contributed by atoms with van der Waals surface area (Å²) in [6, 6.07) is 3.75. The Morgan fingerprint density at radius 2 is 2.18 bits per heavy atom. The molecule has 0 aromatic carbocycles. The van der Waals surface area contributed by atoms with Gasteiger partial charge in [-0.1, -0.05) is 0 Å². The lowest BCUT2D eigenvalue weighted by Crippen LogP contribution is -2.63. The lowest BCUT2D eigenvalue weighted by atomic mass is 9.98. The lowest BCUT2D eigenvalue weighted by Gasteiger charge is -2.40. The summed E-state index contributed by atoms with van der Waals surface area (Å²) in [5.41, 5.74) is -0.771. The first-order valence-corrected chi connectivity index (χ1v) is 6.41. The molecule has 1 aromatic rings. The molecule has 2 amide bonds. The number of amides is 2. The van der Waals surface area contributed by atoms with Gasteiger partial charge in [0.25, 0.3) is 5.91 Å². The van der Waals surface area contributed by atoms with Gasteiger partial charge in [0.15, 0.2) is 0 Å². The highest BCUT2D eigenvalue weighted by molar-refractivity contribution is 7.13. The van der Waals surface area contributed by atoms with Crippen molar-refractivity contribution in [2.24, 2.45) is 0 Å². The van der Waals surface area contributed by atoms with Crippen LogP contribution in [0.25, 0.3) is 0 Å². The van der Waals surface area contributed by atoms with E-state index in [1.54, 1.807) is 18.7 Å². The zero-order chi connectivity index (χ0) is 12.6. The van der Waals surface area contributed by atoms with E-state index in [0.29, 0.717) is 18.0 Å². The number of hydrogen-bond donors (Lipinski definition) is 1. The molecule has 0 radical (unpaired) electrons. The topological polar surface area (TPSA) is 49.4 Å². The van der Waals surface area contributed by atoms with Gasteiger partial charge in [-0.15, -0.1) is 11.3 Å². The second kappa shape index (κ2) is 4.14. The fourth-order valence-corrected chi connectivity index (χ4v) is 2.75. The molecule has 0 bridgehead atoms. The molecule has 1 aliphatic rings. The van der Waals surface area contributed by atoms with E-state index in [2.05, 4.69) is 5.32 Å². The molecule has 1 N–H and O–H groups in total. The van der Waals surface area contributed by atoms with E-state index >= 15 is 0 Å². The summed E-state index contributed by atoms with van der Waals surface area (Å²) in [5.74, 6) is -0.145. The molecular weight excluding hydrogens is 236 g/mol. The van der Waals surface area contributed by atoms with E-state index in [-0.39, 0.29) is 11.8 Å². The first kappa shape index (κ1) is 12.1. The average molecular weight is 252 g/mol. The van der Waals surface area contributed by atoms with Crippen LogP contribution < -0.4 is 5.32 Å². The molecule has 0 atom stereocenters. The van der Waals surface area contributed by atoms with E-state index in [9.17, 15) is 9.59 Å². The summed E-state index contributed by atoms with van der Waals surface area (Å²) in [7, 11) is 0. The van der Waals surface area contributed by atoms with Crippen LogP contribution in [0.3, 0.4) is 0 Å². The third-order valence-electron chi connectivity index (χ3n) is 3.05. The van der Waals surface area contributed by atoms with Crippen LogP contribution in [-0.4, -0.2) is 35.3 Å². The maximum Gasteiger partial charge on any atom is 0.264 e. The highest BCUT2D eigenvalue weighted by Crippen LogP contribution is 2.24. The zero-order valence-corrected chi connectivity index (χ0v) is 11.1. The molecule has 0 unspecified atom stereocenters. The molecule has 5 heteroatoms. The number of carbonyl (C=O) groups is 2. The molecule has 92 valence electrons. The molecule has 0 spiro atoms. The van der Waals surface area contributed by atoms with Gasteiger partial charge < -0.3 is 10.2 Å². The van der Waals surface area contributed by atoms with Gasteiger partial charge >= 0.3 is 0 Å². The molecule has 0 aliphatic carbocycles. The Morgan fingerprint density at radius 1 is 1.47 bits per heavy atom. The van der Waals surface area contributed by atoms with Gasteiger partial charge in [0.1, 0.15) is 5.54 Å². The van der Waals surface area contributed by atoms with Gasteiger partial charge in [0.2, 0.25) is 5.91 Å². The number of nitrogens with one attached hydrogen (secondary N) is 1. The normalized spacial score (nSPS) is 19.0. The zero-order valence-electron chi connectivity index (χ0n) is 10.2. The van der Waals surface area contributed by atoms with Crippen LogP contribution in [0.2, 0.25) is 0 Å². The number of thiophene rings is 1. The Bertz CT molecular complexity index is 465. The Morgan fingerprint density at radius 3 is 2.76 bits per heavy atom. The van der Waals surface area contributed by atoms with Crippen molar-refractivity contribution in [2.45, 2.75) is 26.3 Å². The second-order valence-corrected chi connectivity index (χ2v) is 5.97. The Kier molecular flexibility index (Phi) is 2.95. The summed E-state index contributed by atoms with van der Waals surface area (Å²) in [6.45, 7) is 6.61. The van der Waals surface area contributed by atoms with Crippen molar-refractivity contribution in [3.05, 3.63) is 21.9 Å². The summed E-state index contributed by atoms with van der Waals surface area (Å²) in [6.07, 6.45) is 0. The minimum Gasteiger partial charge on any atom is -0.352 e. The lowest BCUT2D eigenvalue weighted by molar-refractivity contribution is -0.133. The maximum atomic E-state index is 12.3. The SMILES string of the molecule is Cc1ccc(C(=O)N2CCNC(=O)C2(C)C)s1. The molecule has 2 rings (SSSR count). The molecule has 4 nitrogen and oxygen atoms in total. The average Bonchev–Trinajstić information content (AvgIpc) is 2.68. The monoisotopic (exact) mass is 252 g/mol. The second-order valence-electron chi connectivity index (χ2n) is 4.68. The van der Waals surface area contributed by atoms with Crippen LogP contribution in [0.1, 0.15) is 28.4 Å². The largest absolute Gasteiger partial charge is 0.352 e. The van der Waals surface area contributed by atoms with Gasteiger partial charge in [-0.2, -0.15) is 0 Å². The Hall–Kier alpha value is -1.36. The molecular formula is C12H16N2O2S. The number of piperazine rings is 1. The van der Waals surface area contributed by atoms with Crippen molar-refractivity contribution in [1.29, 1.82) is 0 Å². The number of aryl methyl sites for hydroxylation is 1. The molecule has 2 heterocycles. The summed E-state index contributed by atoms with van der Waals surface area (Å²) in [5, 5.41) is 2.78. The Balaban J connectivity index is 2.27. The summed E-state index contributed by atoms with van der Waals surface area (Å²) >= 11 is 1.47. The van der Waals surface area contributed by atoms with Crippen LogP contribution in [0.15, 0.2) is 12.1 Å². The van der Waals surface area contributed by atoms with Crippen molar-refractivity contribution >= 4 is 23.2 Å². The van der Waals surface area contributed by atoms with Crippen LogP contribution in [0, 0.1) is 6.92 Å². The van der Waals surface area contributed by atoms with Crippen molar-refractivity contribution in [3.63, 3.8) is 0 Å². The number of hydrogen-bond acceptors (Lipinski definition) is 3. The van der Waals surface area contributed by atoms with Crippen LogP contribution >= 0.6 is 11.3 Å². The van der Waals surface area contributed by atoms with Crippen LogP contribution in [0.4, 0.5) is 0 Å². The molecule has 17 heavy (non-hydrogen) atoms. The van der Waals surface area contributed by atoms with Gasteiger partial charge in [0, 0.05) is 18.0 Å². The molecule has 1 saturated heterocycles. The molecule has 1 aliphatic heterocycles. The van der Waals surface area contributed by atoms with Crippen LogP contribution in [-0.2, 0) is 4.79 Å². The van der Waals surface area contributed by atoms with Gasteiger partial charge in [-0.25, -0.2) is 0 Å². The standard InChI is InChI=1S/C12H16N2O2S/c1-8-4-5-9(17-8)10(15)14-7-6-13-11(16)12(14,2)3/h4-5H,6-7H2,1-3H3,(H,13,16). The Labute approximate surface area is 105 Å².